The zero-order chi connectivity index (χ0) is 9.47. The Hall–Kier alpha value is -0.710. The Balaban J connectivity index is 0.000000980. The Morgan fingerprint density at radius 1 is 1.29 bits per heavy atom. The molecular formula is C9H11ClF2N2. The summed E-state index contributed by atoms with van der Waals surface area (Å²) in [5.41, 5.74) is 5.58. The topological polar surface area (TPSA) is 38.0 Å². The Labute approximate surface area is 86.9 Å². The molecular weight excluding hydrogens is 210 g/mol. The molecule has 0 aliphatic carbocycles. The molecule has 0 atom stereocenters. The first-order valence-corrected chi connectivity index (χ1v) is 4.07. The maximum Gasteiger partial charge on any atom is 0.131 e. The van der Waals surface area contributed by atoms with Gasteiger partial charge in [0.2, 0.25) is 0 Å². The molecule has 14 heavy (non-hydrogen) atoms. The van der Waals surface area contributed by atoms with Gasteiger partial charge in [-0.2, -0.15) is 0 Å². The van der Waals surface area contributed by atoms with Crippen molar-refractivity contribution in [1.29, 1.82) is 0 Å². The fourth-order valence-electron chi connectivity index (χ4n) is 1.48. The van der Waals surface area contributed by atoms with E-state index in [1.54, 1.807) is 0 Å². The van der Waals surface area contributed by atoms with Crippen molar-refractivity contribution in [3.63, 3.8) is 0 Å². The van der Waals surface area contributed by atoms with Gasteiger partial charge in [0.25, 0.3) is 0 Å². The minimum absolute atomic E-state index is 0. The van der Waals surface area contributed by atoms with Crippen LogP contribution in [0, 0.1) is 11.6 Å². The van der Waals surface area contributed by atoms with Gasteiger partial charge >= 0.3 is 0 Å². The van der Waals surface area contributed by atoms with Gasteiger partial charge in [-0.25, -0.2) is 8.78 Å². The normalized spacial score (nSPS) is 18.2. The molecule has 0 unspecified atom stereocenters. The summed E-state index contributed by atoms with van der Waals surface area (Å²) >= 11 is 0. The van der Waals surface area contributed by atoms with Crippen LogP contribution in [0.1, 0.15) is 5.56 Å². The molecule has 0 aromatic heterocycles. The highest BCUT2D eigenvalue weighted by Gasteiger charge is 2.36. The van der Waals surface area contributed by atoms with Gasteiger partial charge in [0.1, 0.15) is 11.6 Å². The predicted octanol–water partition coefficient (Wildman–Crippen LogP) is 1.14. The van der Waals surface area contributed by atoms with Crippen LogP contribution in [0.15, 0.2) is 18.2 Å². The summed E-state index contributed by atoms with van der Waals surface area (Å²) in [6.07, 6.45) is 0. The molecule has 1 aliphatic rings. The standard InChI is InChI=1S/C9H10F2N2.ClH/c10-6-1-2-7(8(11)3-6)9(12)4-13-5-9;/h1-3,13H,4-5,12H2;1H. The monoisotopic (exact) mass is 220 g/mol. The largest absolute Gasteiger partial charge is 0.319 e. The van der Waals surface area contributed by atoms with E-state index in [0.29, 0.717) is 18.7 Å². The van der Waals surface area contributed by atoms with E-state index < -0.39 is 17.2 Å². The van der Waals surface area contributed by atoms with Crippen LogP contribution in [0.5, 0.6) is 0 Å². The van der Waals surface area contributed by atoms with Crippen LogP contribution in [-0.2, 0) is 5.54 Å². The van der Waals surface area contributed by atoms with E-state index in [1.807, 2.05) is 0 Å². The lowest BCUT2D eigenvalue weighted by atomic mass is 9.85. The van der Waals surface area contributed by atoms with E-state index in [2.05, 4.69) is 5.32 Å². The Morgan fingerprint density at radius 3 is 2.36 bits per heavy atom. The van der Waals surface area contributed by atoms with Gasteiger partial charge < -0.3 is 11.1 Å². The second-order valence-electron chi connectivity index (χ2n) is 3.38. The van der Waals surface area contributed by atoms with E-state index in [1.165, 1.54) is 12.1 Å². The molecule has 78 valence electrons. The molecule has 0 bridgehead atoms. The molecule has 1 aromatic rings. The molecule has 2 nitrogen and oxygen atoms in total. The second-order valence-corrected chi connectivity index (χ2v) is 3.38. The third-order valence-corrected chi connectivity index (χ3v) is 2.35. The van der Waals surface area contributed by atoms with Gasteiger partial charge in [-0.1, -0.05) is 6.07 Å². The number of benzene rings is 1. The molecule has 3 N–H and O–H groups in total. The van der Waals surface area contributed by atoms with E-state index in [0.717, 1.165) is 6.07 Å². The lowest BCUT2D eigenvalue weighted by Gasteiger charge is -2.39. The van der Waals surface area contributed by atoms with Gasteiger partial charge in [-0.05, 0) is 6.07 Å². The Bertz CT molecular complexity index is 340. The third-order valence-electron chi connectivity index (χ3n) is 2.35. The molecule has 0 radical (unpaired) electrons. The summed E-state index contributed by atoms with van der Waals surface area (Å²) < 4.78 is 25.8. The molecule has 5 heteroatoms. The van der Waals surface area contributed by atoms with Gasteiger partial charge in [0.15, 0.2) is 0 Å². The van der Waals surface area contributed by atoms with Crippen molar-refractivity contribution < 1.29 is 8.78 Å². The molecule has 1 aromatic carbocycles. The van der Waals surface area contributed by atoms with Crippen LogP contribution in [0.2, 0.25) is 0 Å². The highest BCUT2D eigenvalue weighted by atomic mass is 35.5. The minimum Gasteiger partial charge on any atom is -0.319 e. The Kier molecular flexibility index (Phi) is 3.09. The fourth-order valence-corrected chi connectivity index (χ4v) is 1.48. The van der Waals surface area contributed by atoms with Gasteiger partial charge in [-0.3, -0.25) is 0 Å². The summed E-state index contributed by atoms with van der Waals surface area (Å²) in [5.74, 6) is -1.14. The van der Waals surface area contributed by atoms with Crippen molar-refractivity contribution in [2.24, 2.45) is 5.73 Å². The first-order chi connectivity index (χ1) is 6.12. The first kappa shape index (κ1) is 11.4. The average Bonchev–Trinajstić information content (AvgIpc) is 2.00. The molecule has 0 amide bonds. The highest BCUT2D eigenvalue weighted by molar-refractivity contribution is 5.85. The Morgan fingerprint density at radius 2 is 1.93 bits per heavy atom. The minimum atomic E-state index is -0.655. The number of halogens is 3. The van der Waals surface area contributed by atoms with Crippen LogP contribution in [0.4, 0.5) is 8.78 Å². The van der Waals surface area contributed by atoms with Crippen LogP contribution >= 0.6 is 12.4 Å². The van der Waals surface area contributed by atoms with E-state index >= 15 is 0 Å². The third kappa shape index (κ3) is 1.73. The first-order valence-electron chi connectivity index (χ1n) is 4.07. The summed E-state index contributed by atoms with van der Waals surface area (Å²) in [5, 5.41) is 2.96. The molecule has 1 saturated heterocycles. The predicted molar refractivity (Wildman–Crippen MR) is 52.3 cm³/mol. The average molecular weight is 221 g/mol. The van der Waals surface area contributed by atoms with Gasteiger partial charge in [0, 0.05) is 24.7 Å². The van der Waals surface area contributed by atoms with Crippen LogP contribution < -0.4 is 11.1 Å². The number of hydrogen-bond donors (Lipinski definition) is 2. The zero-order valence-corrected chi connectivity index (χ0v) is 8.20. The van der Waals surface area contributed by atoms with Crippen molar-refractivity contribution in [2.75, 3.05) is 13.1 Å². The second kappa shape index (κ2) is 3.81. The van der Waals surface area contributed by atoms with Crippen LogP contribution in [-0.4, -0.2) is 13.1 Å². The van der Waals surface area contributed by atoms with Gasteiger partial charge in [0.05, 0.1) is 5.54 Å². The number of nitrogens with two attached hydrogens (primary N) is 1. The summed E-state index contributed by atoms with van der Waals surface area (Å²) in [6.45, 7) is 1.07. The van der Waals surface area contributed by atoms with E-state index in [4.69, 9.17) is 5.73 Å². The van der Waals surface area contributed by atoms with E-state index in [9.17, 15) is 8.78 Å². The van der Waals surface area contributed by atoms with Crippen molar-refractivity contribution in [1.82, 2.24) is 5.32 Å². The molecule has 1 fully saturated rings. The molecule has 1 heterocycles. The quantitative estimate of drug-likeness (QED) is 0.745. The highest BCUT2D eigenvalue weighted by Crippen LogP contribution is 2.25. The lowest BCUT2D eigenvalue weighted by molar-refractivity contribution is 0.277. The molecule has 2 rings (SSSR count). The molecule has 0 spiro atoms. The van der Waals surface area contributed by atoms with E-state index in [-0.39, 0.29) is 12.4 Å². The fraction of sp³-hybridized carbons (Fsp3) is 0.333. The maximum absolute atomic E-state index is 13.2. The molecule has 1 aliphatic heterocycles. The van der Waals surface area contributed by atoms with Crippen LogP contribution in [0.25, 0.3) is 0 Å². The zero-order valence-electron chi connectivity index (χ0n) is 7.39. The number of rotatable bonds is 1. The molecule has 0 saturated carbocycles. The maximum atomic E-state index is 13.2. The smallest absolute Gasteiger partial charge is 0.131 e. The SMILES string of the molecule is Cl.NC1(c2ccc(F)cc2F)CNC1. The number of nitrogens with one attached hydrogen (secondary N) is 1. The summed E-state index contributed by atoms with van der Waals surface area (Å²) in [7, 11) is 0. The number of hydrogen-bond acceptors (Lipinski definition) is 2. The van der Waals surface area contributed by atoms with Crippen molar-refractivity contribution in [3.8, 4) is 0 Å². The van der Waals surface area contributed by atoms with Gasteiger partial charge in [-0.15, -0.1) is 12.4 Å². The van der Waals surface area contributed by atoms with Crippen molar-refractivity contribution in [2.45, 2.75) is 5.54 Å². The van der Waals surface area contributed by atoms with Crippen LogP contribution in [0.3, 0.4) is 0 Å². The summed E-state index contributed by atoms with van der Waals surface area (Å²) in [4.78, 5) is 0. The summed E-state index contributed by atoms with van der Waals surface area (Å²) in [6, 6.07) is 3.50. The van der Waals surface area contributed by atoms with Crippen molar-refractivity contribution >= 4 is 12.4 Å². The van der Waals surface area contributed by atoms with Crippen molar-refractivity contribution in [3.05, 3.63) is 35.4 Å². The lowest BCUT2D eigenvalue weighted by Crippen LogP contribution is -2.63.